The summed E-state index contributed by atoms with van der Waals surface area (Å²) in [6, 6.07) is 11.3. The van der Waals surface area contributed by atoms with E-state index in [-0.39, 0.29) is 26.5 Å². The Morgan fingerprint density at radius 2 is 1.65 bits per heavy atom. The van der Waals surface area contributed by atoms with Gasteiger partial charge < -0.3 is 5.32 Å². The molecule has 0 unspecified atom stereocenters. The number of fused-ring (bicyclic) bond motifs is 1. The van der Waals surface area contributed by atoms with Crippen LogP contribution in [0.15, 0.2) is 47.4 Å². The van der Waals surface area contributed by atoms with E-state index in [0.717, 1.165) is 52.0 Å². The first-order chi connectivity index (χ1) is 17.5. The lowest BCUT2D eigenvalue weighted by Gasteiger charge is -2.11. The topological polar surface area (TPSA) is 106 Å². The molecule has 4 aromatic rings. The number of aromatic nitrogens is 3. The van der Waals surface area contributed by atoms with E-state index in [1.807, 2.05) is 48.9 Å². The zero-order valence-corrected chi connectivity index (χ0v) is 23.4. The standard InChI is InChI=1S/C25H24Cl3N5O3S/c1-4-22-31-23-14(2)11-15(3)30-24(23)33(22)17-7-5-16(6-8-17)9-10-29-25(34)32-37(35,36)21-13-19(27)18(26)12-20(21)28/h5-8,11-13H,4,9-10H2,1-3H3,(H2,29,32,34). The first-order valence-electron chi connectivity index (χ1n) is 11.4. The second kappa shape index (κ2) is 10.9. The molecule has 0 saturated heterocycles. The molecule has 4 rings (SSSR count). The van der Waals surface area contributed by atoms with Crippen molar-refractivity contribution >= 4 is 62.0 Å². The summed E-state index contributed by atoms with van der Waals surface area (Å²) in [5.74, 6) is 0.922. The van der Waals surface area contributed by atoms with E-state index in [2.05, 4.69) is 16.8 Å². The average molecular weight is 581 g/mol. The van der Waals surface area contributed by atoms with Crippen LogP contribution in [0.5, 0.6) is 0 Å². The fourth-order valence-corrected chi connectivity index (χ4v) is 5.90. The van der Waals surface area contributed by atoms with Crippen molar-refractivity contribution in [2.45, 2.75) is 38.5 Å². The monoisotopic (exact) mass is 579 g/mol. The number of carbonyl (C=O) groups is 1. The minimum atomic E-state index is -4.24. The van der Waals surface area contributed by atoms with Gasteiger partial charge in [0.2, 0.25) is 0 Å². The van der Waals surface area contributed by atoms with Crippen molar-refractivity contribution in [1.82, 2.24) is 24.6 Å². The molecule has 0 aliphatic carbocycles. The number of aryl methyl sites for hydroxylation is 3. The van der Waals surface area contributed by atoms with Crippen molar-refractivity contribution in [2.75, 3.05) is 6.54 Å². The minimum Gasteiger partial charge on any atom is -0.337 e. The number of nitrogens with one attached hydrogen (secondary N) is 2. The Morgan fingerprint density at radius 1 is 0.973 bits per heavy atom. The first-order valence-corrected chi connectivity index (χ1v) is 14.0. The van der Waals surface area contributed by atoms with Crippen molar-refractivity contribution < 1.29 is 13.2 Å². The maximum absolute atomic E-state index is 12.5. The van der Waals surface area contributed by atoms with Crippen LogP contribution in [0.1, 0.15) is 29.6 Å². The lowest BCUT2D eigenvalue weighted by Crippen LogP contribution is -2.40. The molecule has 0 atom stereocenters. The maximum atomic E-state index is 12.5. The van der Waals surface area contributed by atoms with Gasteiger partial charge in [-0.05, 0) is 61.7 Å². The molecular formula is C25H24Cl3N5O3S. The molecule has 2 heterocycles. The van der Waals surface area contributed by atoms with Crippen molar-refractivity contribution in [3.63, 3.8) is 0 Å². The van der Waals surface area contributed by atoms with Gasteiger partial charge in [-0.15, -0.1) is 0 Å². The summed E-state index contributed by atoms with van der Waals surface area (Å²) in [4.78, 5) is 21.4. The largest absolute Gasteiger partial charge is 0.337 e. The number of rotatable bonds is 7. The average Bonchev–Trinajstić information content (AvgIpc) is 3.20. The number of amides is 2. The van der Waals surface area contributed by atoms with Crippen molar-refractivity contribution in [3.8, 4) is 5.69 Å². The molecule has 0 bridgehead atoms. The molecular weight excluding hydrogens is 557 g/mol. The molecule has 0 aliphatic heterocycles. The molecule has 0 spiro atoms. The van der Waals surface area contributed by atoms with E-state index in [0.29, 0.717) is 6.42 Å². The molecule has 2 aromatic heterocycles. The summed E-state index contributed by atoms with van der Waals surface area (Å²) in [7, 11) is -4.24. The van der Waals surface area contributed by atoms with Crippen LogP contribution >= 0.6 is 34.8 Å². The van der Waals surface area contributed by atoms with E-state index >= 15 is 0 Å². The van der Waals surface area contributed by atoms with Gasteiger partial charge in [0.25, 0.3) is 10.0 Å². The fourth-order valence-electron chi connectivity index (χ4n) is 3.97. The van der Waals surface area contributed by atoms with Gasteiger partial charge in [-0.1, -0.05) is 53.9 Å². The van der Waals surface area contributed by atoms with Gasteiger partial charge in [0.15, 0.2) is 5.65 Å². The molecule has 0 radical (unpaired) electrons. The number of carbonyl (C=O) groups excluding carboxylic acids is 1. The van der Waals surface area contributed by atoms with Crippen LogP contribution in [0, 0.1) is 13.8 Å². The van der Waals surface area contributed by atoms with E-state index < -0.39 is 16.1 Å². The van der Waals surface area contributed by atoms with Crippen LogP contribution < -0.4 is 10.0 Å². The van der Waals surface area contributed by atoms with Crippen LogP contribution in [0.4, 0.5) is 4.79 Å². The van der Waals surface area contributed by atoms with E-state index in [4.69, 9.17) is 44.8 Å². The number of hydrogen-bond acceptors (Lipinski definition) is 5. The molecule has 0 fully saturated rings. The third kappa shape index (κ3) is 5.85. The Kier molecular flexibility index (Phi) is 7.99. The van der Waals surface area contributed by atoms with Gasteiger partial charge in [0.05, 0.1) is 15.1 Å². The molecule has 0 aliphatic rings. The Labute approximate surface area is 230 Å². The number of urea groups is 1. The highest BCUT2D eigenvalue weighted by atomic mass is 35.5. The highest BCUT2D eigenvalue weighted by molar-refractivity contribution is 7.90. The van der Waals surface area contributed by atoms with Crippen molar-refractivity contribution in [2.24, 2.45) is 0 Å². The Balaban J connectivity index is 1.42. The smallest absolute Gasteiger partial charge is 0.328 e. The zero-order chi connectivity index (χ0) is 26.9. The van der Waals surface area contributed by atoms with Crippen molar-refractivity contribution in [1.29, 1.82) is 0 Å². The molecule has 194 valence electrons. The number of sulfonamides is 1. The molecule has 2 aromatic carbocycles. The summed E-state index contributed by atoms with van der Waals surface area (Å²) in [6.45, 7) is 6.27. The van der Waals surface area contributed by atoms with Gasteiger partial charge in [-0.3, -0.25) is 4.57 Å². The summed E-state index contributed by atoms with van der Waals surface area (Å²) < 4.78 is 29.0. The van der Waals surface area contributed by atoms with Gasteiger partial charge in [-0.2, -0.15) is 0 Å². The summed E-state index contributed by atoms with van der Waals surface area (Å²) in [5.41, 5.74) is 5.62. The summed E-state index contributed by atoms with van der Waals surface area (Å²) in [6.07, 6.45) is 1.25. The third-order valence-corrected chi connectivity index (χ3v) is 8.22. The van der Waals surface area contributed by atoms with Crippen molar-refractivity contribution in [3.05, 3.63) is 80.2 Å². The Bertz CT molecular complexity index is 1600. The Hall–Kier alpha value is -2.85. The molecule has 2 amide bonds. The van der Waals surface area contributed by atoms with E-state index in [1.54, 1.807) is 0 Å². The molecule has 0 saturated carbocycles. The Morgan fingerprint density at radius 3 is 2.32 bits per heavy atom. The number of hydrogen-bond donors (Lipinski definition) is 2. The van der Waals surface area contributed by atoms with E-state index in [9.17, 15) is 13.2 Å². The zero-order valence-electron chi connectivity index (χ0n) is 20.3. The molecule has 37 heavy (non-hydrogen) atoms. The number of pyridine rings is 1. The summed E-state index contributed by atoms with van der Waals surface area (Å²) in [5, 5.41) is 2.51. The second-order valence-electron chi connectivity index (χ2n) is 8.44. The number of imidazole rings is 1. The number of nitrogens with zero attached hydrogens (tertiary/aromatic N) is 3. The number of benzene rings is 2. The second-order valence-corrected chi connectivity index (χ2v) is 11.3. The van der Waals surface area contributed by atoms with Crippen LogP contribution in [-0.2, 0) is 22.9 Å². The lowest BCUT2D eigenvalue weighted by atomic mass is 10.1. The molecule has 8 nitrogen and oxygen atoms in total. The van der Waals surface area contributed by atoms with Crippen LogP contribution in [0.2, 0.25) is 15.1 Å². The summed E-state index contributed by atoms with van der Waals surface area (Å²) >= 11 is 17.7. The van der Waals surface area contributed by atoms with Crippen LogP contribution in [0.3, 0.4) is 0 Å². The first kappa shape index (κ1) is 27.2. The molecule has 12 heteroatoms. The predicted molar refractivity (Wildman–Crippen MR) is 147 cm³/mol. The SMILES string of the molecule is CCc1nc2c(C)cc(C)nc2n1-c1ccc(CCNC(=O)NS(=O)(=O)c2cc(Cl)c(Cl)cc2Cl)cc1. The van der Waals surface area contributed by atoms with Gasteiger partial charge in [0, 0.05) is 24.3 Å². The minimum absolute atomic E-state index is 0.00564. The molecule has 2 N–H and O–H groups in total. The highest BCUT2D eigenvalue weighted by Crippen LogP contribution is 2.31. The van der Waals surface area contributed by atoms with Crippen LogP contribution in [-0.4, -0.2) is 35.5 Å². The lowest BCUT2D eigenvalue weighted by molar-refractivity contribution is 0.246. The van der Waals surface area contributed by atoms with Crippen LogP contribution in [0.25, 0.3) is 16.9 Å². The number of halogens is 3. The highest BCUT2D eigenvalue weighted by Gasteiger charge is 2.22. The normalized spacial score (nSPS) is 11.6. The third-order valence-electron chi connectivity index (χ3n) is 5.71. The predicted octanol–water partition coefficient (Wildman–Crippen LogP) is 5.79. The van der Waals surface area contributed by atoms with E-state index in [1.165, 1.54) is 6.07 Å². The quantitative estimate of drug-likeness (QED) is 0.269. The van der Waals surface area contributed by atoms with Gasteiger partial charge in [-0.25, -0.2) is 27.9 Å². The maximum Gasteiger partial charge on any atom is 0.328 e. The fraction of sp³-hybridized carbons (Fsp3) is 0.240. The van der Waals surface area contributed by atoms with Gasteiger partial charge in [0.1, 0.15) is 16.2 Å². The van der Waals surface area contributed by atoms with Gasteiger partial charge >= 0.3 is 6.03 Å².